The van der Waals surface area contributed by atoms with Gasteiger partial charge in [0.05, 0.1) is 0 Å². The van der Waals surface area contributed by atoms with Crippen LogP contribution in [-0.4, -0.2) is 5.67 Å². The van der Waals surface area contributed by atoms with Gasteiger partial charge in [-0.3, -0.25) is 0 Å². The van der Waals surface area contributed by atoms with Gasteiger partial charge in [-0.1, -0.05) is 115 Å². The van der Waals surface area contributed by atoms with Gasteiger partial charge < -0.3 is 0 Å². The third-order valence-corrected chi connectivity index (χ3v) is 9.10. The second kappa shape index (κ2) is 17.0. The summed E-state index contributed by atoms with van der Waals surface area (Å²) in [6.45, 7) is 26.0. The fraction of sp³-hybridized carbons (Fsp3) is 0.556. The van der Waals surface area contributed by atoms with Crippen molar-refractivity contribution in [1.82, 2.24) is 0 Å². The molecule has 1 aromatic heterocycles. The van der Waals surface area contributed by atoms with Crippen LogP contribution in [0.15, 0.2) is 48.6 Å². The van der Waals surface area contributed by atoms with Crippen LogP contribution < -0.4 is 0 Å². The van der Waals surface area contributed by atoms with E-state index in [2.05, 4.69) is 91.5 Å². The highest BCUT2D eigenvalue weighted by molar-refractivity contribution is 7.32. The molecule has 0 saturated heterocycles. The molecule has 1 aromatic carbocycles. The van der Waals surface area contributed by atoms with Crippen LogP contribution in [0.5, 0.6) is 0 Å². The van der Waals surface area contributed by atoms with Crippen LogP contribution in [-0.2, 0) is 6.42 Å². The summed E-state index contributed by atoms with van der Waals surface area (Å²) in [6.07, 6.45) is 12.6. The van der Waals surface area contributed by atoms with E-state index >= 15 is 0 Å². The first-order valence-electron chi connectivity index (χ1n) is 15.0. The number of allylic oxidation sites excluding steroid dienone is 5. The zero-order valence-electron chi connectivity index (χ0n) is 26.3. The van der Waals surface area contributed by atoms with Crippen molar-refractivity contribution < 1.29 is 4.39 Å². The van der Waals surface area contributed by atoms with E-state index in [0.717, 1.165) is 46.7 Å². The maximum Gasteiger partial charge on any atom is 0.110 e. The summed E-state index contributed by atoms with van der Waals surface area (Å²) in [5, 5.41) is 3.09. The predicted octanol–water partition coefficient (Wildman–Crippen LogP) is 12.4. The molecule has 0 radical (unpaired) electrons. The summed E-state index contributed by atoms with van der Waals surface area (Å²) in [7, 11) is 0.850. The van der Waals surface area contributed by atoms with Crippen molar-refractivity contribution in [3.05, 3.63) is 81.4 Å². The molecule has 1 aliphatic rings. The van der Waals surface area contributed by atoms with Gasteiger partial charge in [0, 0.05) is 0 Å². The topological polar surface area (TPSA) is 0 Å². The lowest BCUT2D eigenvalue weighted by molar-refractivity contribution is 0.102. The lowest BCUT2D eigenvalue weighted by Crippen LogP contribution is -2.24. The number of halogens is 1. The van der Waals surface area contributed by atoms with Gasteiger partial charge in [-0.05, 0) is 104 Å². The average Bonchev–Trinajstić information content (AvgIpc) is 3.18. The summed E-state index contributed by atoms with van der Waals surface area (Å²) in [5.74, 6) is 0.538. The molecule has 0 bridgehead atoms. The van der Waals surface area contributed by atoms with E-state index in [1.54, 1.807) is 5.30 Å². The quantitative estimate of drug-likeness (QED) is 0.293. The Morgan fingerprint density at radius 2 is 1.61 bits per heavy atom. The van der Waals surface area contributed by atoms with Crippen molar-refractivity contribution in [1.29, 1.82) is 0 Å². The zero-order valence-corrected chi connectivity index (χ0v) is 27.3. The molecule has 0 amide bonds. The SMILES string of the molecule is C=C(/C=C(/C)C/C(=C\C(C)C)c1ccc(C)cc1)c1c(C)[pH]c(CC)c1C.CC.CCC1(F)CCCCC1. The smallest absolute Gasteiger partial charge is 0.110 e. The molecule has 2 aromatic rings. The highest BCUT2D eigenvalue weighted by Crippen LogP contribution is 2.37. The Bertz CT molecular complexity index is 1040. The van der Waals surface area contributed by atoms with Crippen LogP contribution in [0.2, 0.25) is 0 Å². The van der Waals surface area contributed by atoms with Crippen LogP contribution in [0.1, 0.15) is 126 Å². The number of alkyl halides is 1. The van der Waals surface area contributed by atoms with Crippen molar-refractivity contribution in [2.75, 3.05) is 0 Å². The van der Waals surface area contributed by atoms with E-state index < -0.39 is 5.67 Å². The van der Waals surface area contributed by atoms with E-state index in [9.17, 15) is 4.39 Å². The van der Waals surface area contributed by atoms with Crippen LogP contribution in [0.4, 0.5) is 4.39 Å². The van der Waals surface area contributed by atoms with Crippen molar-refractivity contribution >= 4 is 19.3 Å². The Hall–Kier alpha value is -1.85. The van der Waals surface area contributed by atoms with Gasteiger partial charge in [-0.15, -0.1) is 8.19 Å². The van der Waals surface area contributed by atoms with Gasteiger partial charge in [0.2, 0.25) is 0 Å². The van der Waals surface area contributed by atoms with E-state index in [-0.39, 0.29) is 0 Å². The molecule has 2 heteroatoms. The van der Waals surface area contributed by atoms with E-state index in [1.807, 2.05) is 20.8 Å². The summed E-state index contributed by atoms with van der Waals surface area (Å²) in [5.41, 5.74) is 8.66. The molecule has 3 rings (SSSR count). The van der Waals surface area contributed by atoms with Gasteiger partial charge in [-0.25, -0.2) is 4.39 Å². The summed E-state index contributed by atoms with van der Waals surface area (Å²) in [6, 6.07) is 8.90. The van der Waals surface area contributed by atoms with Gasteiger partial charge in [0.15, 0.2) is 0 Å². The number of hydrogen-bond donors (Lipinski definition) is 0. The Morgan fingerprint density at radius 3 is 2.05 bits per heavy atom. The lowest BCUT2D eigenvalue weighted by atomic mass is 9.85. The molecule has 38 heavy (non-hydrogen) atoms. The molecule has 1 fully saturated rings. The summed E-state index contributed by atoms with van der Waals surface area (Å²) >= 11 is 0. The van der Waals surface area contributed by atoms with E-state index in [0.29, 0.717) is 12.3 Å². The highest BCUT2D eigenvalue weighted by atomic mass is 31.0. The Labute approximate surface area is 237 Å². The van der Waals surface area contributed by atoms with Gasteiger partial charge in [-0.2, -0.15) is 0 Å². The molecule has 0 aliphatic heterocycles. The molecular formula is C36H56FP. The van der Waals surface area contributed by atoms with Crippen molar-refractivity contribution in [3.8, 4) is 0 Å². The first-order valence-corrected chi connectivity index (χ1v) is 16.0. The fourth-order valence-corrected chi connectivity index (χ4v) is 6.75. The van der Waals surface area contributed by atoms with Crippen LogP contribution in [0.3, 0.4) is 0 Å². The van der Waals surface area contributed by atoms with Crippen LogP contribution >= 0.6 is 8.19 Å². The van der Waals surface area contributed by atoms with Crippen LogP contribution in [0.25, 0.3) is 11.1 Å². The molecule has 0 spiro atoms. The second-order valence-electron chi connectivity index (χ2n) is 11.1. The standard InChI is InChI=1S/C26H35P.C8H15F.C2H6/c1-9-25-21(7)26(22(8)27-25)20(6)15-19(5)16-24(14-17(2)3)23-12-10-18(4)11-13-23;1-2-8(9)6-4-3-5-7-8;1-2/h10-15,17,27H,6,9,16H2,1-5,7-8H3;2-7H2,1H3;1-2H3/b19-15-,24-14+;;. The molecule has 0 N–H and O–H groups in total. The first-order chi connectivity index (χ1) is 18.0. The minimum absolute atomic E-state index is 0.538. The monoisotopic (exact) mass is 538 g/mol. The molecule has 1 saturated carbocycles. The average molecular weight is 539 g/mol. The number of aryl methyl sites for hydroxylation is 3. The van der Waals surface area contributed by atoms with Crippen LogP contribution in [0, 0.1) is 26.7 Å². The summed E-state index contributed by atoms with van der Waals surface area (Å²) < 4.78 is 13.3. The zero-order chi connectivity index (χ0) is 28.9. The molecule has 212 valence electrons. The van der Waals surface area contributed by atoms with Crippen molar-refractivity contribution in [2.45, 2.75) is 126 Å². The minimum Gasteiger partial charge on any atom is -0.244 e. The number of hydrogen-bond acceptors (Lipinski definition) is 0. The highest BCUT2D eigenvalue weighted by Gasteiger charge is 2.28. The Kier molecular flexibility index (Phi) is 15.3. The van der Waals surface area contributed by atoms with E-state index in [1.165, 1.54) is 50.7 Å². The minimum atomic E-state index is -0.780. The Balaban J connectivity index is 0.000000548. The maximum atomic E-state index is 13.3. The van der Waals surface area contributed by atoms with Gasteiger partial charge in [0.1, 0.15) is 5.67 Å². The third kappa shape index (κ3) is 10.7. The lowest BCUT2D eigenvalue weighted by Gasteiger charge is -2.27. The normalized spacial score (nSPS) is 15.6. The summed E-state index contributed by atoms with van der Waals surface area (Å²) in [4.78, 5) is 0. The fourth-order valence-electron chi connectivity index (χ4n) is 5.34. The molecule has 1 atom stereocenters. The van der Waals surface area contributed by atoms with Gasteiger partial charge in [0.25, 0.3) is 0 Å². The molecule has 1 unspecified atom stereocenters. The third-order valence-electron chi connectivity index (χ3n) is 7.45. The number of rotatable bonds is 8. The predicted molar refractivity (Wildman–Crippen MR) is 175 cm³/mol. The van der Waals surface area contributed by atoms with Gasteiger partial charge >= 0.3 is 0 Å². The molecule has 1 aliphatic carbocycles. The Morgan fingerprint density at radius 1 is 1.03 bits per heavy atom. The first kappa shape index (κ1) is 34.2. The molecule has 1 heterocycles. The molecular weight excluding hydrogens is 482 g/mol. The largest absolute Gasteiger partial charge is 0.244 e. The second-order valence-corrected chi connectivity index (χ2v) is 12.7. The van der Waals surface area contributed by atoms with Crippen molar-refractivity contribution in [2.24, 2.45) is 5.92 Å². The number of benzene rings is 1. The van der Waals surface area contributed by atoms with E-state index in [4.69, 9.17) is 0 Å². The maximum absolute atomic E-state index is 13.3. The molecule has 0 nitrogen and oxygen atoms in total. The van der Waals surface area contributed by atoms with Crippen molar-refractivity contribution in [3.63, 3.8) is 0 Å².